The van der Waals surface area contributed by atoms with Gasteiger partial charge in [-0.2, -0.15) is 0 Å². The van der Waals surface area contributed by atoms with Gasteiger partial charge in [0.25, 0.3) is 5.91 Å². The molecule has 3 rings (SSSR count). The number of nitrogens with one attached hydrogen (secondary N) is 1. The van der Waals surface area contributed by atoms with E-state index >= 15 is 0 Å². The Morgan fingerprint density at radius 1 is 1.23 bits per heavy atom. The normalized spacial score (nSPS) is 17.0. The zero-order valence-electron chi connectivity index (χ0n) is 14.8. The number of ether oxygens (including phenoxy) is 1. The SMILES string of the molecule is Cc1ccc2c(c1)N(S(C)(=O)=O)CC[C@@H](C(=O)NCc1ccccc1)O2. The molecule has 2 aromatic carbocycles. The van der Waals surface area contributed by atoms with Gasteiger partial charge in [-0.05, 0) is 30.2 Å². The Hall–Kier alpha value is -2.54. The number of anilines is 1. The molecular formula is C19H22N2O4S. The average Bonchev–Trinajstić information content (AvgIpc) is 2.79. The zero-order chi connectivity index (χ0) is 18.7. The molecule has 26 heavy (non-hydrogen) atoms. The van der Waals surface area contributed by atoms with Crippen molar-refractivity contribution in [2.45, 2.75) is 26.0 Å². The second-order valence-electron chi connectivity index (χ2n) is 6.40. The lowest BCUT2D eigenvalue weighted by Gasteiger charge is -2.21. The Bertz CT molecular complexity index is 897. The van der Waals surface area contributed by atoms with Gasteiger partial charge in [0.05, 0.1) is 11.9 Å². The quantitative estimate of drug-likeness (QED) is 0.890. The summed E-state index contributed by atoms with van der Waals surface area (Å²) < 4.78 is 31.5. The van der Waals surface area contributed by atoms with Crippen LogP contribution in [0.3, 0.4) is 0 Å². The van der Waals surface area contributed by atoms with Crippen molar-refractivity contribution in [3.63, 3.8) is 0 Å². The summed E-state index contributed by atoms with van der Waals surface area (Å²) in [5.74, 6) is 0.147. The smallest absolute Gasteiger partial charge is 0.261 e. The van der Waals surface area contributed by atoms with Crippen LogP contribution in [0, 0.1) is 6.92 Å². The summed E-state index contributed by atoms with van der Waals surface area (Å²) in [4.78, 5) is 12.6. The molecule has 0 aliphatic carbocycles. The van der Waals surface area contributed by atoms with E-state index in [0.717, 1.165) is 17.4 Å². The predicted molar refractivity (Wildman–Crippen MR) is 101 cm³/mol. The highest BCUT2D eigenvalue weighted by molar-refractivity contribution is 7.92. The molecule has 7 heteroatoms. The third-order valence-electron chi connectivity index (χ3n) is 4.25. The number of amides is 1. The number of hydrogen-bond acceptors (Lipinski definition) is 4. The van der Waals surface area contributed by atoms with E-state index in [1.807, 2.05) is 43.3 Å². The molecule has 0 radical (unpaired) electrons. The van der Waals surface area contributed by atoms with Crippen LogP contribution in [-0.4, -0.2) is 33.2 Å². The number of hydrogen-bond donors (Lipinski definition) is 1. The van der Waals surface area contributed by atoms with Crippen molar-refractivity contribution >= 4 is 21.6 Å². The van der Waals surface area contributed by atoms with Crippen molar-refractivity contribution in [2.75, 3.05) is 17.1 Å². The van der Waals surface area contributed by atoms with Crippen LogP contribution in [0.2, 0.25) is 0 Å². The first-order valence-electron chi connectivity index (χ1n) is 8.41. The zero-order valence-corrected chi connectivity index (χ0v) is 15.6. The topological polar surface area (TPSA) is 75.7 Å². The van der Waals surface area contributed by atoms with Crippen LogP contribution in [-0.2, 0) is 21.4 Å². The number of carbonyl (C=O) groups is 1. The number of nitrogens with zero attached hydrogens (tertiary/aromatic N) is 1. The monoisotopic (exact) mass is 374 g/mol. The minimum absolute atomic E-state index is 0.193. The first-order chi connectivity index (χ1) is 12.3. The lowest BCUT2D eigenvalue weighted by Crippen LogP contribution is -2.39. The standard InChI is InChI=1S/C19H22N2O4S/c1-14-8-9-17-16(12-14)21(26(2,23)24)11-10-18(25-17)19(22)20-13-15-6-4-3-5-7-15/h3-9,12,18H,10-11,13H2,1-2H3,(H,20,22)/t18-/m0/s1. The summed E-state index contributed by atoms with van der Waals surface area (Å²) in [5, 5.41) is 2.86. The van der Waals surface area contributed by atoms with Gasteiger partial charge in [-0.25, -0.2) is 8.42 Å². The lowest BCUT2D eigenvalue weighted by atomic mass is 10.2. The molecule has 6 nitrogen and oxygen atoms in total. The summed E-state index contributed by atoms with van der Waals surface area (Å²) in [6, 6.07) is 14.9. The summed E-state index contributed by atoms with van der Waals surface area (Å²) in [5.41, 5.74) is 2.39. The van der Waals surface area contributed by atoms with E-state index in [0.29, 0.717) is 18.0 Å². The molecule has 1 aliphatic rings. The molecular weight excluding hydrogens is 352 g/mol. The molecule has 0 spiro atoms. The number of sulfonamides is 1. The Labute approximate surface area is 153 Å². The van der Waals surface area contributed by atoms with Crippen molar-refractivity contribution in [3.05, 3.63) is 59.7 Å². The molecule has 0 saturated carbocycles. The van der Waals surface area contributed by atoms with Crippen molar-refractivity contribution in [1.82, 2.24) is 5.32 Å². The van der Waals surface area contributed by atoms with Gasteiger partial charge < -0.3 is 10.1 Å². The predicted octanol–water partition coefficient (Wildman–Crippen LogP) is 2.23. The van der Waals surface area contributed by atoms with Gasteiger partial charge in [0, 0.05) is 19.5 Å². The molecule has 1 atom stereocenters. The van der Waals surface area contributed by atoms with E-state index in [9.17, 15) is 13.2 Å². The van der Waals surface area contributed by atoms with Crippen LogP contribution in [0.4, 0.5) is 5.69 Å². The molecule has 1 amide bonds. The highest BCUT2D eigenvalue weighted by Gasteiger charge is 2.31. The maximum atomic E-state index is 12.6. The van der Waals surface area contributed by atoms with Gasteiger partial charge in [-0.3, -0.25) is 9.10 Å². The first kappa shape index (κ1) is 18.3. The summed E-state index contributed by atoms with van der Waals surface area (Å²) in [6.07, 6.45) is 0.697. The van der Waals surface area contributed by atoms with Crippen molar-refractivity contribution in [1.29, 1.82) is 0 Å². The van der Waals surface area contributed by atoms with Crippen LogP contribution in [0.15, 0.2) is 48.5 Å². The molecule has 1 N–H and O–H groups in total. The lowest BCUT2D eigenvalue weighted by molar-refractivity contribution is -0.128. The maximum Gasteiger partial charge on any atom is 0.261 e. The van der Waals surface area contributed by atoms with E-state index in [2.05, 4.69) is 5.32 Å². The summed E-state index contributed by atoms with van der Waals surface area (Å²) in [6.45, 7) is 2.48. The number of aryl methyl sites for hydroxylation is 1. The molecule has 0 unspecified atom stereocenters. The maximum absolute atomic E-state index is 12.6. The fourth-order valence-electron chi connectivity index (χ4n) is 2.92. The highest BCUT2D eigenvalue weighted by Crippen LogP contribution is 2.35. The Kier molecular flexibility index (Phi) is 5.18. The van der Waals surface area contributed by atoms with Crippen LogP contribution in [0.5, 0.6) is 5.75 Å². The van der Waals surface area contributed by atoms with Gasteiger partial charge in [-0.1, -0.05) is 36.4 Å². The molecule has 0 aromatic heterocycles. The largest absolute Gasteiger partial charge is 0.478 e. The van der Waals surface area contributed by atoms with Gasteiger partial charge in [0.2, 0.25) is 10.0 Å². The van der Waals surface area contributed by atoms with Crippen LogP contribution >= 0.6 is 0 Å². The van der Waals surface area contributed by atoms with E-state index < -0.39 is 16.1 Å². The number of rotatable bonds is 4. The van der Waals surface area contributed by atoms with Crippen molar-refractivity contribution in [2.24, 2.45) is 0 Å². The molecule has 138 valence electrons. The average molecular weight is 374 g/mol. The number of fused-ring (bicyclic) bond motifs is 1. The Balaban J connectivity index is 1.79. The Morgan fingerprint density at radius 3 is 2.65 bits per heavy atom. The minimum atomic E-state index is -3.46. The first-order valence-corrected chi connectivity index (χ1v) is 10.3. The summed E-state index contributed by atoms with van der Waals surface area (Å²) in [7, 11) is -3.46. The number of carbonyl (C=O) groups excluding carboxylic acids is 1. The molecule has 1 heterocycles. The second kappa shape index (κ2) is 7.37. The van der Waals surface area contributed by atoms with Crippen LogP contribution in [0.1, 0.15) is 17.5 Å². The fraction of sp³-hybridized carbons (Fsp3) is 0.316. The van der Waals surface area contributed by atoms with Crippen LogP contribution < -0.4 is 14.4 Å². The van der Waals surface area contributed by atoms with Crippen molar-refractivity contribution in [3.8, 4) is 5.75 Å². The molecule has 2 aromatic rings. The van der Waals surface area contributed by atoms with Gasteiger partial charge in [0.1, 0.15) is 5.75 Å². The van der Waals surface area contributed by atoms with E-state index in [4.69, 9.17) is 4.74 Å². The molecule has 0 saturated heterocycles. The van der Waals surface area contributed by atoms with Crippen LogP contribution in [0.25, 0.3) is 0 Å². The third kappa shape index (κ3) is 4.16. The highest BCUT2D eigenvalue weighted by atomic mass is 32.2. The minimum Gasteiger partial charge on any atom is -0.478 e. The summed E-state index contributed by atoms with van der Waals surface area (Å²) >= 11 is 0. The fourth-order valence-corrected chi connectivity index (χ4v) is 3.85. The van der Waals surface area contributed by atoms with Gasteiger partial charge >= 0.3 is 0 Å². The molecule has 1 aliphatic heterocycles. The third-order valence-corrected chi connectivity index (χ3v) is 5.43. The van der Waals surface area contributed by atoms with E-state index in [1.165, 1.54) is 4.31 Å². The van der Waals surface area contributed by atoms with E-state index in [-0.39, 0.29) is 18.9 Å². The van der Waals surface area contributed by atoms with Gasteiger partial charge in [0.15, 0.2) is 6.10 Å². The van der Waals surface area contributed by atoms with Crippen molar-refractivity contribution < 1.29 is 17.9 Å². The molecule has 0 fully saturated rings. The second-order valence-corrected chi connectivity index (χ2v) is 8.31. The Morgan fingerprint density at radius 2 is 1.96 bits per heavy atom. The van der Waals surface area contributed by atoms with Gasteiger partial charge in [-0.15, -0.1) is 0 Å². The molecule has 0 bridgehead atoms. The number of benzene rings is 2. The van der Waals surface area contributed by atoms with E-state index in [1.54, 1.807) is 12.1 Å².